The Labute approximate surface area is 186 Å². The topological polar surface area (TPSA) is 128 Å². The molecule has 0 fully saturated rings. The number of likely N-dealkylation sites (N-methyl/N-ethyl adjacent to an activating group) is 1. The van der Waals surface area contributed by atoms with Crippen molar-refractivity contribution >= 4 is 23.0 Å². The number of hydrogen-bond acceptors (Lipinski definition) is 8. The minimum Gasteiger partial charge on any atom is -0.468 e. The largest absolute Gasteiger partial charge is 0.468 e. The van der Waals surface area contributed by atoms with Crippen LogP contribution in [0.5, 0.6) is 6.01 Å². The Morgan fingerprint density at radius 2 is 1.94 bits per heavy atom. The second kappa shape index (κ2) is 10.8. The quantitative estimate of drug-likeness (QED) is 0.338. The van der Waals surface area contributed by atoms with Crippen molar-refractivity contribution in [1.82, 2.24) is 24.4 Å². The van der Waals surface area contributed by atoms with Gasteiger partial charge in [-0.05, 0) is 31.0 Å². The van der Waals surface area contributed by atoms with E-state index in [1.165, 1.54) is 11.7 Å². The number of H-pyrrole nitrogens is 1. The summed E-state index contributed by atoms with van der Waals surface area (Å²) in [6.45, 7) is 3.89. The maximum atomic E-state index is 12.5. The highest BCUT2D eigenvalue weighted by molar-refractivity contribution is 5.81. The lowest BCUT2D eigenvalue weighted by molar-refractivity contribution is -0.141. The molecule has 0 aliphatic heterocycles. The Bertz CT molecular complexity index is 1110. The van der Waals surface area contributed by atoms with Crippen LogP contribution < -0.4 is 16.2 Å². The van der Waals surface area contributed by atoms with Crippen LogP contribution in [0.25, 0.3) is 11.2 Å². The van der Waals surface area contributed by atoms with E-state index in [9.17, 15) is 9.59 Å². The fraction of sp³-hybridized carbons (Fsp3) is 0.455. The van der Waals surface area contributed by atoms with Gasteiger partial charge < -0.3 is 20.2 Å². The molecule has 0 aliphatic carbocycles. The molecule has 0 radical (unpaired) electrons. The molecule has 0 unspecified atom stereocenters. The number of benzene rings is 1. The van der Waals surface area contributed by atoms with Crippen LogP contribution >= 0.6 is 0 Å². The first-order chi connectivity index (χ1) is 15.4. The maximum Gasteiger partial charge on any atom is 0.328 e. The zero-order chi connectivity index (χ0) is 23.1. The zero-order valence-corrected chi connectivity index (χ0v) is 18.8. The molecule has 3 N–H and O–H groups in total. The summed E-state index contributed by atoms with van der Waals surface area (Å²) in [6.07, 6.45) is 2.67. The Balaban J connectivity index is 1.71. The fourth-order valence-electron chi connectivity index (χ4n) is 3.23. The third kappa shape index (κ3) is 5.85. The number of carbonyl (C=O) groups excluding carboxylic acids is 1. The van der Waals surface area contributed by atoms with Crippen LogP contribution in [-0.4, -0.2) is 64.2 Å². The summed E-state index contributed by atoms with van der Waals surface area (Å²) >= 11 is 0. The second-order valence-electron chi connectivity index (χ2n) is 7.69. The average molecular weight is 443 g/mol. The first-order valence-electron chi connectivity index (χ1n) is 10.6. The van der Waals surface area contributed by atoms with Gasteiger partial charge in [0, 0.05) is 6.54 Å². The van der Waals surface area contributed by atoms with Gasteiger partial charge in [-0.3, -0.25) is 14.3 Å². The van der Waals surface area contributed by atoms with Crippen LogP contribution in [-0.2, 0) is 22.5 Å². The van der Waals surface area contributed by atoms with Crippen LogP contribution in [0.15, 0.2) is 29.1 Å². The van der Waals surface area contributed by atoms with Crippen molar-refractivity contribution in [3.8, 4) is 6.01 Å². The molecule has 172 valence electrons. The summed E-state index contributed by atoms with van der Waals surface area (Å²) in [5.74, 6) is -0.0702. The number of carbonyl (C=O) groups is 1. The van der Waals surface area contributed by atoms with Crippen molar-refractivity contribution in [2.24, 2.45) is 0 Å². The number of aromatic amines is 1. The number of rotatable bonds is 11. The Kier molecular flexibility index (Phi) is 7.82. The van der Waals surface area contributed by atoms with Gasteiger partial charge in [-0.1, -0.05) is 37.6 Å². The van der Waals surface area contributed by atoms with Crippen LogP contribution in [0.3, 0.4) is 0 Å². The van der Waals surface area contributed by atoms with Gasteiger partial charge in [0.1, 0.15) is 5.52 Å². The van der Waals surface area contributed by atoms with E-state index in [1.54, 1.807) is 0 Å². The van der Waals surface area contributed by atoms with Gasteiger partial charge in [0.2, 0.25) is 0 Å². The maximum absolute atomic E-state index is 12.5. The number of hydrogen-bond donors (Lipinski definition) is 2. The monoisotopic (exact) mass is 442 g/mol. The number of nitrogens with zero attached hydrogens (tertiary/aromatic N) is 4. The summed E-state index contributed by atoms with van der Waals surface area (Å²) < 4.78 is 11.8. The lowest BCUT2D eigenvalue weighted by atomic mass is 10.1. The highest BCUT2D eigenvalue weighted by Crippen LogP contribution is 2.19. The number of methoxy groups -OCH3 is 1. The number of aromatic nitrogens is 4. The van der Waals surface area contributed by atoms with Crippen LogP contribution in [0.4, 0.5) is 5.82 Å². The van der Waals surface area contributed by atoms with Crippen LogP contribution in [0.1, 0.15) is 30.9 Å². The van der Waals surface area contributed by atoms with E-state index < -0.39 is 0 Å². The third-order valence-corrected chi connectivity index (χ3v) is 5.13. The first-order valence-corrected chi connectivity index (χ1v) is 10.6. The number of nitrogens with one attached hydrogen (secondary N) is 1. The van der Waals surface area contributed by atoms with Crippen molar-refractivity contribution in [3.05, 3.63) is 45.9 Å². The van der Waals surface area contributed by atoms with Gasteiger partial charge in [0.25, 0.3) is 0 Å². The normalized spacial score (nSPS) is 11.2. The molecule has 10 heteroatoms. The van der Waals surface area contributed by atoms with E-state index in [2.05, 4.69) is 26.6 Å². The Morgan fingerprint density at radius 3 is 2.62 bits per heavy atom. The van der Waals surface area contributed by atoms with Crippen molar-refractivity contribution in [2.45, 2.75) is 32.7 Å². The van der Waals surface area contributed by atoms with E-state index in [-0.39, 0.29) is 30.0 Å². The summed E-state index contributed by atoms with van der Waals surface area (Å²) in [4.78, 5) is 37.0. The number of anilines is 1. The lowest BCUT2D eigenvalue weighted by Crippen LogP contribution is -2.28. The first kappa shape index (κ1) is 23.3. The molecule has 0 saturated carbocycles. The fourth-order valence-corrected chi connectivity index (χ4v) is 3.23. The van der Waals surface area contributed by atoms with Gasteiger partial charge in [0.15, 0.2) is 11.5 Å². The molecule has 0 atom stereocenters. The van der Waals surface area contributed by atoms with Crippen molar-refractivity contribution < 1.29 is 14.3 Å². The number of fused-ring (bicyclic) bond motifs is 1. The molecule has 0 bridgehead atoms. The molecular formula is C22H30N6O4. The molecule has 32 heavy (non-hydrogen) atoms. The van der Waals surface area contributed by atoms with Crippen LogP contribution in [0.2, 0.25) is 0 Å². The Hall–Kier alpha value is -3.40. The smallest absolute Gasteiger partial charge is 0.328 e. The van der Waals surface area contributed by atoms with E-state index in [0.717, 1.165) is 36.9 Å². The molecule has 1 aromatic carbocycles. The molecule has 0 aliphatic rings. The summed E-state index contributed by atoms with van der Waals surface area (Å²) in [5, 5.41) is 0. The van der Waals surface area contributed by atoms with E-state index in [1.807, 2.05) is 36.2 Å². The number of nitrogens with two attached hydrogens (primary N) is 1. The number of imidazole rings is 1. The molecule has 0 amide bonds. The number of ether oxygens (including phenoxy) is 2. The zero-order valence-electron chi connectivity index (χ0n) is 18.8. The summed E-state index contributed by atoms with van der Waals surface area (Å²) in [7, 11) is 3.26. The van der Waals surface area contributed by atoms with E-state index in [0.29, 0.717) is 24.3 Å². The number of nitrogen functional groups attached to an aromatic ring is 1. The van der Waals surface area contributed by atoms with Gasteiger partial charge in [-0.25, -0.2) is 4.79 Å². The molecule has 2 heterocycles. The molecule has 0 saturated heterocycles. The minimum atomic E-state index is -0.305. The Morgan fingerprint density at radius 1 is 1.22 bits per heavy atom. The number of esters is 1. The van der Waals surface area contributed by atoms with Crippen LogP contribution in [0, 0.1) is 0 Å². The third-order valence-electron chi connectivity index (χ3n) is 5.13. The molecule has 3 aromatic rings. The minimum absolute atomic E-state index is 0.169. The summed E-state index contributed by atoms with van der Waals surface area (Å²) in [5.41, 5.74) is 8.61. The van der Waals surface area contributed by atoms with E-state index in [4.69, 9.17) is 10.5 Å². The highest BCUT2D eigenvalue weighted by Gasteiger charge is 2.15. The summed E-state index contributed by atoms with van der Waals surface area (Å²) in [6, 6.07) is 8.16. The predicted octanol–water partition coefficient (Wildman–Crippen LogP) is 1.58. The van der Waals surface area contributed by atoms with Crippen molar-refractivity contribution in [2.75, 3.05) is 39.6 Å². The van der Waals surface area contributed by atoms with E-state index >= 15 is 0 Å². The second-order valence-corrected chi connectivity index (χ2v) is 7.69. The lowest BCUT2D eigenvalue weighted by Gasteiger charge is -2.15. The van der Waals surface area contributed by atoms with Crippen molar-refractivity contribution in [3.63, 3.8) is 0 Å². The van der Waals surface area contributed by atoms with Gasteiger partial charge >= 0.3 is 17.7 Å². The van der Waals surface area contributed by atoms with Gasteiger partial charge in [0.05, 0.1) is 26.8 Å². The van der Waals surface area contributed by atoms with Crippen molar-refractivity contribution in [1.29, 1.82) is 0 Å². The highest BCUT2D eigenvalue weighted by atomic mass is 16.5. The average Bonchev–Trinajstić information content (AvgIpc) is 3.09. The molecule has 3 rings (SSSR count). The van der Waals surface area contributed by atoms with Gasteiger partial charge in [-0.2, -0.15) is 9.97 Å². The predicted molar refractivity (Wildman–Crippen MR) is 122 cm³/mol. The SMILES string of the molecule is CCCCOc1nc(N)c2[nH]c(=O)n(Cc3ccc(CCN(C)CC(=O)OC)cc3)c2n1. The standard InChI is InChI=1S/C22H30N6O4/c1-4-5-12-32-21-25-19(23)18-20(26-21)28(22(30)24-18)13-16-8-6-15(7-9-16)10-11-27(2)14-17(29)31-3/h6-9H,4-5,10-14H2,1-3H3,(H,24,30)(H2,23,25,26). The molecule has 10 nitrogen and oxygen atoms in total. The number of unbranched alkanes of at least 4 members (excludes halogenated alkanes) is 1. The molecule has 2 aromatic heterocycles. The molecule has 0 spiro atoms. The van der Waals surface area contributed by atoms with Gasteiger partial charge in [-0.15, -0.1) is 0 Å². The molecular weight excluding hydrogens is 412 g/mol.